The molecule has 0 atom stereocenters. The minimum Gasteiger partial charge on any atom is -0.385 e. The number of hydrogen-bond acceptors (Lipinski definition) is 5. The van der Waals surface area contributed by atoms with Crippen LogP contribution in [0.4, 0.5) is 11.4 Å². The summed E-state index contributed by atoms with van der Waals surface area (Å²) in [6, 6.07) is 4.18. The van der Waals surface area contributed by atoms with Crippen LogP contribution in [0.15, 0.2) is 18.2 Å². The van der Waals surface area contributed by atoms with Gasteiger partial charge in [0, 0.05) is 38.0 Å². The maximum absolute atomic E-state index is 12.2. The Morgan fingerprint density at radius 2 is 2.10 bits per heavy atom. The summed E-state index contributed by atoms with van der Waals surface area (Å²) >= 11 is 0. The van der Waals surface area contributed by atoms with Gasteiger partial charge in [-0.3, -0.25) is 14.9 Å². The molecule has 0 heterocycles. The van der Waals surface area contributed by atoms with Gasteiger partial charge in [-0.05, 0) is 26.8 Å². The monoisotopic (exact) mass is 295 g/mol. The highest BCUT2D eigenvalue weighted by Crippen LogP contribution is 2.22. The maximum atomic E-state index is 12.2. The molecular weight excluding hydrogens is 274 g/mol. The lowest BCUT2D eigenvalue weighted by molar-refractivity contribution is -0.384. The van der Waals surface area contributed by atoms with E-state index in [9.17, 15) is 14.9 Å². The number of nitrogens with zero attached hydrogens (tertiary/aromatic N) is 1. The highest BCUT2D eigenvalue weighted by molar-refractivity contribution is 6.00. The van der Waals surface area contributed by atoms with E-state index in [1.54, 1.807) is 7.11 Å². The van der Waals surface area contributed by atoms with Crippen LogP contribution in [0.25, 0.3) is 0 Å². The first-order valence-corrected chi connectivity index (χ1v) is 6.66. The van der Waals surface area contributed by atoms with Crippen LogP contribution in [0.1, 0.15) is 31.1 Å². The molecule has 0 spiro atoms. The van der Waals surface area contributed by atoms with Crippen molar-refractivity contribution < 1.29 is 14.5 Å². The van der Waals surface area contributed by atoms with Crippen molar-refractivity contribution in [3.05, 3.63) is 33.9 Å². The molecule has 0 saturated heterocycles. The van der Waals surface area contributed by atoms with Crippen LogP contribution in [0.3, 0.4) is 0 Å². The van der Waals surface area contributed by atoms with Crippen molar-refractivity contribution in [3.8, 4) is 0 Å². The highest BCUT2D eigenvalue weighted by atomic mass is 16.6. The number of carbonyl (C=O) groups excluding carboxylic acids is 1. The molecule has 0 aliphatic rings. The number of rotatable bonds is 7. The number of amides is 1. The van der Waals surface area contributed by atoms with Gasteiger partial charge in [0.15, 0.2) is 0 Å². The van der Waals surface area contributed by atoms with Crippen LogP contribution in [0, 0.1) is 10.1 Å². The molecule has 0 saturated carbocycles. The number of anilines is 1. The Bertz CT molecular complexity index is 529. The Kier molecular flexibility index (Phi) is 5.66. The van der Waals surface area contributed by atoms with Crippen molar-refractivity contribution >= 4 is 17.3 Å². The zero-order valence-corrected chi connectivity index (χ0v) is 12.7. The number of carbonyl (C=O) groups is 1. The fourth-order valence-corrected chi connectivity index (χ4v) is 1.64. The molecule has 1 aromatic rings. The third-order valence-electron chi connectivity index (χ3n) is 3.05. The molecule has 0 aliphatic heterocycles. The molecule has 0 radical (unpaired) electrons. The molecule has 1 aromatic carbocycles. The van der Waals surface area contributed by atoms with E-state index in [0.717, 1.165) is 0 Å². The third-order valence-corrected chi connectivity index (χ3v) is 3.05. The number of hydrogen-bond donors (Lipinski definition) is 2. The second-order valence-electron chi connectivity index (χ2n) is 5.16. The zero-order chi connectivity index (χ0) is 16.0. The molecule has 0 aliphatic carbocycles. The van der Waals surface area contributed by atoms with Gasteiger partial charge in [0.1, 0.15) is 0 Å². The lowest BCUT2D eigenvalue weighted by Gasteiger charge is -2.23. The van der Waals surface area contributed by atoms with Crippen molar-refractivity contribution in [3.63, 3.8) is 0 Å². The van der Waals surface area contributed by atoms with Crippen LogP contribution in [0.5, 0.6) is 0 Å². The highest BCUT2D eigenvalue weighted by Gasteiger charge is 2.21. The Morgan fingerprint density at radius 3 is 2.62 bits per heavy atom. The Morgan fingerprint density at radius 1 is 1.43 bits per heavy atom. The van der Waals surface area contributed by atoms with Crippen LogP contribution in [-0.2, 0) is 4.74 Å². The average molecular weight is 295 g/mol. The normalized spacial score (nSPS) is 11.0. The largest absolute Gasteiger partial charge is 0.385 e. The van der Waals surface area contributed by atoms with Crippen molar-refractivity contribution in [2.75, 3.05) is 25.5 Å². The van der Waals surface area contributed by atoms with Crippen molar-refractivity contribution in [1.29, 1.82) is 0 Å². The summed E-state index contributed by atoms with van der Waals surface area (Å²) in [6.45, 7) is 6.48. The van der Waals surface area contributed by atoms with Gasteiger partial charge >= 0.3 is 0 Å². The number of nitro groups is 1. The fourth-order valence-electron chi connectivity index (χ4n) is 1.64. The van der Waals surface area contributed by atoms with Crippen LogP contribution < -0.4 is 10.6 Å². The maximum Gasteiger partial charge on any atom is 0.270 e. The first-order chi connectivity index (χ1) is 9.80. The van der Waals surface area contributed by atoms with Crippen LogP contribution in [0.2, 0.25) is 0 Å². The first-order valence-electron chi connectivity index (χ1n) is 6.66. The Labute approximate surface area is 123 Å². The van der Waals surface area contributed by atoms with E-state index in [2.05, 4.69) is 10.6 Å². The van der Waals surface area contributed by atoms with Gasteiger partial charge in [0.25, 0.3) is 11.6 Å². The molecule has 0 fully saturated rings. The Balaban J connectivity index is 2.99. The molecule has 2 N–H and O–H groups in total. The summed E-state index contributed by atoms with van der Waals surface area (Å²) < 4.78 is 5.23. The molecular formula is C14H21N3O4. The SMILES string of the molecule is CCNc1ccc([N+](=O)[O-])cc1C(=O)NCC(C)(C)OC. The topological polar surface area (TPSA) is 93.5 Å². The summed E-state index contributed by atoms with van der Waals surface area (Å²) in [4.78, 5) is 22.6. The van der Waals surface area contributed by atoms with Crippen molar-refractivity contribution in [1.82, 2.24) is 5.32 Å². The molecule has 21 heavy (non-hydrogen) atoms. The first kappa shape index (κ1) is 16.9. The lowest BCUT2D eigenvalue weighted by atomic mass is 10.1. The number of methoxy groups -OCH3 is 1. The minimum absolute atomic E-state index is 0.118. The Hall–Kier alpha value is -2.15. The predicted octanol–water partition coefficient (Wildman–Crippen LogP) is 2.18. The number of nitro benzene ring substituents is 1. The summed E-state index contributed by atoms with van der Waals surface area (Å²) in [5.74, 6) is -0.375. The van der Waals surface area contributed by atoms with Gasteiger partial charge in [0.2, 0.25) is 0 Å². The van der Waals surface area contributed by atoms with Crippen LogP contribution >= 0.6 is 0 Å². The third kappa shape index (κ3) is 4.71. The predicted molar refractivity (Wildman–Crippen MR) is 80.7 cm³/mol. The summed E-state index contributed by atoms with van der Waals surface area (Å²) in [7, 11) is 1.56. The molecule has 7 heteroatoms. The van der Waals surface area contributed by atoms with Gasteiger partial charge in [-0.1, -0.05) is 0 Å². The van der Waals surface area contributed by atoms with Crippen molar-refractivity contribution in [2.24, 2.45) is 0 Å². The van der Waals surface area contributed by atoms with E-state index in [-0.39, 0.29) is 17.2 Å². The second-order valence-corrected chi connectivity index (χ2v) is 5.16. The summed E-state index contributed by atoms with van der Waals surface area (Å²) in [6.07, 6.45) is 0. The van der Waals surface area contributed by atoms with E-state index >= 15 is 0 Å². The molecule has 0 unspecified atom stereocenters. The number of non-ortho nitro benzene ring substituents is 1. The van der Waals surface area contributed by atoms with Gasteiger partial charge in [0.05, 0.1) is 16.1 Å². The van der Waals surface area contributed by atoms with E-state index in [4.69, 9.17) is 4.74 Å². The smallest absolute Gasteiger partial charge is 0.270 e. The van der Waals surface area contributed by atoms with Gasteiger partial charge in [-0.25, -0.2) is 0 Å². The minimum atomic E-state index is -0.522. The van der Waals surface area contributed by atoms with Gasteiger partial charge in [-0.2, -0.15) is 0 Å². The molecule has 116 valence electrons. The average Bonchev–Trinajstić information content (AvgIpc) is 2.45. The number of ether oxygens (including phenoxy) is 1. The van der Waals surface area contributed by atoms with E-state index in [0.29, 0.717) is 18.8 Å². The lowest BCUT2D eigenvalue weighted by Crippen LogP contribution is -2.39. The summed E-state index contributed by atoms with van der Waals surface area (Å²) in [5, 5.41) is 16.6. The van der Waals surface area contributed by atoms with E-state index in [1.165, 1.54) is 18.2 Å². The standard InChI is InChI=1S/C14H21N3O4/c1-5-15-12-7-6-10(17(19)20)8-11(12)13(18)16-9-14(2,3)21-4/h6-8,15H,5,9H2,1-4H3,(H,16,18). The van der Waals surface area contributed by atoms with Crippen LogP contribution in [-0.4, -0.2) is 36.6 Å². The molecule has 0 bridgehead atoms. The fraction of sp³-hybridized carbons (Fsp3) is 0.500. The van der Waals surface area contributed by atoms with Gasteiger partial charge < -0.3 is 15.4 Å². The molecule has 7 nitrogen and oxygen atoms in total. The second kappa shape index (κ2) is 7.03. The molecule has 0 aromatic heterocycles. The molecule has 1 rings (SSSR count). The molecule has 1 amide bonds. The van der Waals surface area contributed by atoms with E-state index < -0.39 is 10.5 Å². The number of nitrogens with one attached hydrogen (secondary N) is 2. The summed E-state index contributed by atoms with van der Waals surface area (Å²) in [5.41, 5.74) is 0.191. The van der Waals surface area contributed by atoms with Crippen molar-refractivity contribution in [2.45, 2.75) is 26.4 Å². The van der Waals surface area contributed by atoms with E-state index in [1.807, 2.05) is 20.8 Å². The number of benzene rings is 1. The van der Waals surface area contributed by atoms with Gasteiger partial charge in [-0.15, -0.1) is 0 Å². The zero-order valence-electron chi connectivity index (χ0n) is 12.7. The quantitative estimate of drug-likeness (QED) is 0.594.